The van der Waals surface area contributed by atoms with Crippen molar-refractivity contribution in [3.8, 4) is 17.1 Å². The smallest absolute Gasteiger partial charge is 0.159 e. The van der Waals surface area contributed by atoms with Crippen LogP contribution >= 0.6 is 0 Å². The first-order valence-electron chi connectivity index (χ1n) is 7.93. The molecule has 4 rings (SSSR count). The van der Waals surface area contributed by atoms with Gasteiger partial charge in [0.25, 0.3) is 0 Å². The average Bonchev–Trinajstić information content (AvgIpc) is 3.41. The largest absolute Gasteiger partial charge is 0.508 e. The van der Waals surface area contributed by atoms with E-state index in [2.05, 4.69) is 15.2 Å². The number of aromatic hydroxyl groups is 1. The summed E-state index contributed by atoms with van der Waals surface area (Å²) in [4.78, 5) is 11.8. The molecular formula is C17H20N4O. The lowest BCUT2D eigenvalue weighted by molar-refractivity contribution is 0.475. The number of phenolic OH excluding ortho intramolecular Hbond substituents is 1. The van der Waals surface area contributed by atoms with Gasteiger partial charge >= 0.3 is 0 Å². The molecule has 2 fully saturated rings. The Hall–Kier alpha value is -2.14. The van der Waals surface area contributed by atoms with Gasteiger partial charge < -0.3 is 15.3 Å². The zero-order valence-corrected chi connectivity index (χ0v) is 12.5. The van der Waals surface area contributed by atoms with Crippen molar-refractivity contribution in [3.63, 3.8) is 0 Å². The zero-order chi connectivity index (χ0) is 14.9. The van der Waals surface area contributed by atoms with Gasteiger partial charge in [-0.05, 0) is 37.1 Å². The summed E-state index contributed by atoms with van der Waals surface area (Å²) in [5.74, 6) is 1.60. The Morgan fingerprint density at radius 3 is 2.50 bits per heavy atom. The molecule has 22 heavy (non-hydrogen) atoms. The lowest BCUT2D eigenvalue weighted by Gasteiger charge is -2.30. The number of nitrogens with one attached hydrogen (secondary N) is 1. The van der Waals surface area contributed by atoms with E-state index in [9.17, 15) is 5.11 Å². The van der Waals surface area contributed by atoms with Crippen molar-refractivity contribution in [1.29, 1.82) is 0 Å². The van der Waals surface area contributed by atoms with Crippen LogP contribution in [0, 0.1) is 0 Å². The molecular weight excluding hydrogens is 276 g/mol. The molecule has 0 bridgehead atoms. The van der Waals surface area contributed by atoms with Crippen LogP contribution < -0.4 is 10.2 Å². The molecule has 1 saturated carbocycles. The number of nitrogens with zero attached hydrogens (tertiary/aromatic N) is 3. The van der Waals surface area contributed by atoms with E-state index in [0.717, 1.165) is 37.6 Å². The fraction of sp³-hybridized carbons (Fsp3) is 0.412. The predicted octanol–water partition coefficient (Wildman–Crippen LogP) is 2.14. The van der Waals surface area contributed by atoms with Crippen LogP contribution in [0.5, 0.6) is 5.75 Å². The Bertz CT molecular complexity index is 661. The van der Waals surface area contributed by atoms with Crippen molar-refractivity contribution in [2.45, 2.75) is 18.8 Å². The third-order valence-corrected chi connectivity index (χ3v) is 4.35. The van der Waals surface area contributed by atoms with Gasteiger partial charge in [-0.1, -0.05) is 0 Å². The first-order valence-corrected chi connectivity index (χ1v) is 7.93. The maximum absolute atomic E-state index is 9.42. The molecule has 0 amide bonds. The van der Waals surface area contributed by atoms with Gasteiger partial charge in [0.15, 0.2) is 5.82 Å². The Morgan fingerprint density at radius 1 is 1.09 bits per heavy atom. The fourth-order valence-electron chi connectivity index (χ4n) is 2.94. The molecule has 2 heterocycles. The highest BCUT2D eigenvalue weighted by molar-refractivity contribution is 5.60. The Morgan fingerprint density at radius 2 is 1.82 bits per heavy atom. The van der Waals surface area contributed by atoms with E-state index in [0.29, 0.717) is 5.92 Å². The molecule has 0 radical (unpaired) electrons. The molecule has 0 unspecified atom stereocenters. The van der Waals surface area contributed by atoms with Gasteiger partial charge in [0.2, 0.25) is 0 Å². The summed E-state index contributed by atoms with van der Waals surface area (Å²) in [6.07, 6.45) is 4.43. The van der Waals surface area contributed by atoms with E-state index in [4.69, 9.17) is 4.98 Å². The summed E-state index contributed by atoms with van der Waals surface area (Å²) in [5.41, 5.74) is 3.35. The maximum Gasteiger partial charge on any atom is 0.159 e. The molecule has 2 aliphatic rings. The van der Waals surface area contributed by atoms with Gasteiger partial charge in [0.05, 0.1) is 17.6 Å². The SMILES string of the molecule is Oc1ccc(-c2ncc(N3CCNCC3)c(C3CC3)n2)cc1. The van der Waals surface area contributed by atoms with Gasteiger partial charge in [-0.3, -0.25) is 0 Å². The third-order valence-electron chi connectivity index (χ3n) is 4.35. The first-order chi connectivity index (χ1) is 10.8. The van der Waals surface area contributed by atoms with Crippen LogP contribution in [0.1, 0.15) is 24.5 Å². The predicted molar refractivity (Wildman–Crippen MR) is 86.2 cm³/mol. The summed E-state index contributed by atoms with van der Waals surface area (Å²) in [7, 11) is 0. The van der Waals surface area contributed by atoms with Crippen molar-refractivity contribution < 1.29 is 5.11 Å². The molecule has 0 spiro atoms. The van der Waals surface area contributed by atoms with Crippen LogP contribution in [0.4, 0.5) is 5.69 Å². The molecule has 1 saturated heterocycles. The van der Waals surface area contributed by atoms with Gasteiger partial charge in [0.1, 0.15) is 5.75 Å². The highest BCUT2D eigenvalue weighted by Crippen LogP contribution is 2.43. The van der Waals surface area contributed by atoms with Crippen LogP contribution in [-0.4, -0.2) is 41.3 Å². The van der Waals surface area contributed by atoms with Gasteiger partial charge in [-0.15, -0.1) is 0 Å². The second kappa shape index (κ2) is 5.57. The second-order valence-electron chi connectivity index (χ2n) is 6.02. The molecule has 5 heteroatoms. The quantitative estimate of drug-likeness (QED) is 0.908. The minimum Gasteiger partial charge on any atom is -0.508 e. The Balaban J connectivity index is 1.70. The average molecular weight is 296 g/mol. The van der Waals surface area contributed by atoms with Crippen LogP contribution in [0.25, 0.3) is 11.4 Å². The van der Waals surface area contributed by atoms with Crippen molar-refractivity contribution in [3.05, 3.63) is 36.2 Å². The Labute approximate surface area is 130 Å². The molecule has 2 aromatic rings. The van der Waals surface area contributed by atoms with E-state index in [1.54, 1.807) is 12.1 Å². The number of piperazine rings is 1. The van der Waals surface area contributed by atoms with Crippen molar-refractivity contribution in [2.75, 3.05) is 31.1 Å². The number of aromatic nitrogens is 2. The lowest BCUT2D eigenvalue weighted by atomic mass is 10.1. The van der Waals surface area contributed by atoms with Crippen LogP contribution in [0.15, 0.2) is 30.5 Å². The molecule has 114 valence electrons. The summed E-state index contributed by atoms with van der Waals surface area (Å²) in [6, 6.07) is 7.09. The summed E-state index contributed by atoms with van der Waals surface area (Å²) in [5, 5.41) is 12.8. The lowest BCUT2D eigenvalue weighted by Crippen LogP contribution is -2.44. The number of anilines is 1. The number of hydrogen-bond acceptors (Lipinski definition) is 5. The van der Waals surface area contributed by atoms with E-state index in [-0.39, 0.29) is 5.75 Å². The molecule has 1 aliphatic carbocycles. The molecule has 1 aliphatic heterocycles. The summed E-state index contributed by atoms with van der Waals surface area (Å²) < 4.78 is 0. The molecule has 1 aromatic heterocycles. The van der Waals surface area contributed by atoms with Crippen molar-refractivity contribution >= 4 is 5.69 Å². The molecule has 0 atom stereocenters. The molecule has 1 aromatic carbocycles. The minimum atomic E-state index is 0.267. The number of benzene rings is 1. The van der Waals surface area contributed by atoms with E-state index in [1.807, 2.05) is 18.3 Å². The van der Waals surface area contributed by atoms with E-state index in [1.165, 1.54) is 24.2 Å². The minimum absolute atomic E-state index is 0.267. The van der Waals surface area contributed by atoms with Crippen molar-refractivity contribution in [1.82, 2.24) is 15.3 Å². The van der Waals surface area contributed by atoms with Gasteiger partial charge in [0, 0.05) is 37.7 Å². The highest BCUT2D eigenvalue weighted by Gasteiger charge is 2.30. The van der Waals surface area contributed by atoms with E-state index < -0.39 is 0 Å². The van der Waals surface area contributed by atoms with Crippen LogP contribution in [0.3, 0.4) is 0 Å². The molecule has 2 N–H and O–H groups in total. The highest BCUT2D eigenvalue weighted by atomic mass is 16.3. The monoisotopic (exact) mass is 296 g/mol. The second-order valence-corrected chi connectivity index (χ2v) is 6.02. The third kappa shape index (κ3) is 2.64. The fourth-order valence-corrected chi connectivity index (χ4v) is 2.94. The number of hydrogen-bond donors (Lipinski definition) is 2. The number of phenols is 1. The molecule has 5 nitrogen and oxygen atoms in total. The summed E-state index contributed by atoms with van der Waals surface area (Å²) in [6.45, 7) is 4.07. The normalized spacial score (nSPS) is 18.5. The first kappa shape index (κ1) is 13.5. The standard InChI is InChI=1S/C17H20N4O/c22-14-5-3-13(4-6-14)17-19-11-15(16(20-17)12-1-2-12)21-9-7-18-8-10-21/h3-6,11-12,18,22H,1-2,7-10H2. The van der Waals surface area contributed by atoms with Gasteiger partial charge in [-0.25, -0.2) is 9.97 Å². The zero-order valence-electron chi connectivity index (χ0n) is 12.5. The van der Waals surface area contributed by atoms with E-state index >= 15 is 0 Å². The van der Waals surface area contributed by atoms with Crippen LogP contribution in [0.2, 0.25) is 0 Å². The van der Waals surface area contributed by atoms with Crippen LogP contribution in [-0.2, 0) is 0 Å². The summed E-state index contributed by atoms with van der Waals surface area (Å²) >= 11 is 0. The van der Waals surface area contributed by atoms with Gasteiger partial charge in [-0.2, -0.15) is 0 Å². The topological polar surface area (TPSA) is 61.3 Å². The number of rotatable bonds is 3. The van der Waals surface area contributed by atoms with Crippen molar-refractivity contribution in [2.24, 2.45) is 0 Å². The Kier molecular flexibility index (Phi) is 3.42. The maximum atomic E-state index is 9.42.